The van der Waals surface area contributed by atoms with Crippen LogP contribution in [-0.4, -0.2) is 22.4 Å². The van der Waals surface area contributed by atoms with Gasteiger partial charge in [-0.15, -0.1) is 13.2 Å². The number of carboxylic acids is 1. The molecule has 4 nitrogen and oxygen atoms in total. The lowest BCUT2D eigenvalue weighted by molar-refractivity contribution is -0.276. The number of alkyl halides is 7. The maximum atomic E-state index is 12.8. The van der Waals surface area contributed by atoms with Crippen LogP contribution in [0.25, 0.3) is 0 Å². The second-order valence-corrected chi connectivity index (χ2v) is 4.24. The zero-order valence-corrected chi connectivity index (χ0v) is 11.4. The number of carboxylic acid groups (broad SMARTS) is 1. The highest BCUT2D eigenvalue weighted by molar-refractivity contribution is 9.08. The fourth-order valence-electron chi connectivity index (χ4n) is 1.50. The molecule has 0 amide bonds. The Morgan fingerprint density at radius 3 is 2.19 bits per heavy atom. The van der Waals surface area contributed by atoms with E-state index in [1.807, 2.05) is 0 Å². The number of aliphatic carboxylic acids is 1. The number of ether oxygens (including phenoxy) is 1. The molecule has 11 heteroatoms. The molecule has 0 aliphatic carbocycles. The van der Waals surface area contributed by atoms with Gasteiger partial charge in [-0.05, 0) is 5.56 Å². The zero-order valence-electron chi connectivity index (χ0n) is 9.85. The molecule has 0 fully saturated rings. The zero-order chi connectivity index (χ0) is 16.4. The number of aromatic nitrogens is 1. The lowest BCUT2D eigenvalue weighted by atomic mass is 10.0. The van der Waals surface area contributed by atoms with Gasteiger partial charge in [0.15, 0.2) is 0 Å². The van der Waals surface area contributed by atoms with Crippen molar-refractivity contribution in [1.82, 2.24) is 4.98 Å². The van der Waals surface area contributed by atoms with Crippen LogP contribution in [0.3, 0.4) is 0 Å². The first-order chi connectivity index (χ1) is 9.45. The van der Waals surface area contributed by atoms with E-state index in [2.05, 4.69) is 25.7 Å². The molecule has 118 valence electrons. The molecule has 21 heavy (non-hydrogen) atoms. The normalized spacial score (nSPS) is 12.3. The minimum atomic E-state index is -5.16. The Hall–Kier alpha value is -1.52. The number of rotatable bonds is 4. The van der Waals surface area contributed by atoms with Crippen LogP contribution in [0.15, 0.2) is 6.20 Å². The van der Waals surface area contributed by atoms with Crippen LogP contribution in [0.1, 0.15) is 16.7 Å². The quantitative estimate of drug-likeness (QED) is 0.640. The Bertz CT molecular complexity index is 543. The van der Waals surface area contributed by atoms with Gasteiger partial charge in [0.05, 0.1) is 12.0 Å². The van der Waals surface area contributed by atoms with E-state index in [-0.39, 0.29) is 6.20 Å². The van der Waals surface area contributed by atoms with Gasteiger partial charge in [0.1, 0.15) is 0 Å². The molecule has 0 saturated carbocycles. The Labute approximate surface area is 121 Å². The summed E-state index contributed by atoms with van der Waals surface area (Å²) in [6, 6.07) is 0. The summed E-state index contributed by atoms with van der Waals surface area (Å²) in [4.78, 5) is 13.6. The second-order valence-electron chi connectivity index (χ2n) is 3.68. The first-order valence-electron chi connectivity index (χ1n) is 5.07. The predicted octanol–water partition coefficient (Wildman–Crippen LogP) is 3.52. The first-order valence-corrected chi connectivity index (χ1v) is 6.19. The summed E-state index contributed by atoms with van der Waals surface area (Å²) < 4.78 is 78.3. The lowest BCUT2D eigenvalue weighted by Crippen LogP contribution is -2.21. The van der Waals surface area contributed by atoms with Crippen LogP contribution in [0.2, 0.25) is 0 Å². The minimum Gasteiger partial charge on any atom is -0.481 e. The monoisotopic (exact) mass is 381 g/mol. The largest absolute Gasteiger partial charge is 0.574 e. The van der Waals surface area contributed by atoms with Crippen LogP contribution in [-0.2, 0) is 22.7 Å². The minimum absolute atomic E-state index is 0.117. The molecule has 1 N–H and O–H groups in total. The van der Waals surface area contributed by atoms with E-state index in [1.165, 1.54) is 0 Å². The highest BCUT2D eigenvalue weighted by Gasteiger charge is 2.38. The molecule has 0 aliphatic rings. The number of carbonyl (C=O) groups is 1. The number of hydrogen-bond donors (Lipinski definition) is 1. The molecule has 0 aliphatic heterocycles. The van der Waals surface area contributed by atoms with Crippen LogP contribution in [0, 0.1) is 0 Å². The summed E-state index contributed by atoms with van der Waals surface area (Å²) in [5.41, 5.74) is -2.88. The fraction of sp³-hybridized carbons (Fsp3) is 0.400. The molecule has 1 heterocycles. The van der Waals surface area contributed by atoms with Crippen molar-refractivity contribution in [2.24, 2.45) is 0 Å². The summed E-state index contributed by atoms with van der Waals surface area (Å²) in [5.74, 6) is -2.75. The molecule has 1 aromatic rings. The molecular formula is C10H6BrF6NO3. The lowest BCUT2D eigenvalue weighted by Gasteiger charge is -2.18. The average molecular weight is 382 g/mol. The SMILES string of the molecule is O=C(O)Cc1c(C(F)(F)F)cnc(OC(F)(F)F)c1CBr. The van der Waals surface area contributed by atoms with Crippen LogP contribution < -0.4 is 4.74 Å². The van der Waals surface area contributed by atoms with Crippen molar-refractivity contribution < 1.29 is 41.0 Å². The van der Waals surface area contributed by atoms with Gasteiger partial charge < -0.3 is 9.84 Å². The molecule has 0 bridgehead atoms. The summed E-state index contributed by atoms with van der Waals surface area (Å²) in [5, 5.41) is 8.15. The van der Waals surface area contributed by atoms with Crippen LogP contribution in [0.5, 0.6) is 5.88 Å². The summed E-state index contributed by atoms with van der Waals surface area (Å²) >= 11 is 2.71. The second kappa shape index (κ2) is 6.08. The maximum Gasteiger partial charge on any atom is 0.574 e. The van der Waals surface area contributed by atoms with Crippen LogP contribution >= 0.6 is 15.9 Å². The molecule has 0 aromatic carbocycles. The van der Waals surface area contributed by atoms with Crippen LogP contribution in [0.4, 0.5) is 26.3 Å². The van der Waals surface area contributed by atoms with Crippen molar-refractivity contribution in [3.8, 4) is 5.88 Å². The van der Waals surface area contributed by atoms with E-state index in [9.17, 15) is 31.1 Å². The molecule has 0 radical (unpaired) electrons. The smallest absolute Gasteiger partial charge is 0.481 e. The van der Waals surface area contributed by atoms with E-state index in [0.29, 0.717) is 0 Å². The van der Waals surface area contributed by atoms with E-state index >= 15 is 0 Å². The van der Waals surface area contributed by atoms with Crippen molar-refractivity contribution in [3.63, 3.8) is 0 Å². The van der Waals surface area contributed by atoms with Crippen molar-refractivity contribution in [2.75, 3.05) is 0 Å². The standard InChI is InChI=1S/C10H6BrF6NO3/c11-2-5-4(1-7(19)20)6(9(12,13)14)3-18-8(5)21-10(15,16)17/h3H,1-2H2,(H,19,20). The summed E-state index contributed by atoms with van der Waals surface area (Å²) in [7, 11) is 0. The van der Waals surface area contributed by atoms with Crippen molar-refractivity contribution in [3.05, 3.63) is 22.9 Å². The molecular weight excluding hydrogens is 376 g/mol. The van der Waals surface area contributed by atoms with Crippen molar-refractivity contribution >= 4 is 21.9 Å². The Morgan fingerprint density at radius 1 is 1.24 bits per heavy atom. The molecule has 0 unspecified atom stereocenters. The Morgan fingerprint density at radius 2 is 1.81 bits per heavy atom. The molecule has 1 rings (SSSR count). The van der Waals surface area contributed by atoms with E-state index in [4.69, 9.17) is 5.11 Å². The number of nitrogens with zero attached hydrogens (tertiary/aromatic N) is 1. The fourth-order valence-corrected chi connectivity index (χ4v) is 2.08. The molecule has 0 spiro atoms. The first kappa shape index (κ1) is 17.5. The predicted molar refractivity (Wildman–Crippen MR) is 59.9 cm³/mol. The third-order valence-electron chi connectivity index (χ3n) is 2.24. The molecule has 0 atom stereocenters. The summed E-state index contributed by atoms with van der Waals surface area (Å²) in [6.07, 6.45) is -11.1. The Balaban J connectivity index is 3.49. The van der Waals surface area contributed by atoms with Crippen molar-refractivity contribution in [2.45, 2.75) is 24.3 Å². The maximum absolute atomic E-state index is 12.8. The number of hydrogen-bond acceptors (Lipinski definition) is 3. The Kier molecular flexibility index (Phi) is 5.07. The highest BCUT2D eigenvalue weighted by atomic mass is 79.9. The van der Waals surface area contributed by atoms with E-state index in [0.717, 1.165) is 0 Å². The third kappa shape index (κ3) is 4.76. The topological polar surface area (TPSA) is 59.4 Å². The van der Waals surface area contributed by atoms with Gasteiger partial charge >= 0.3 is 18.5 Å². The average Bonchev–Trinajstić information content (AvgIpc) is 2.24. The van der Waals surface area contributed by atoms with Gasteiger partial charge in [-0.3, -0.25) is 4.79 Å². The van der Waals surface area contributed by atoms with Gasteiger partial charge in [0, 0.05) is 17.1 Å². The third-order valence-corrected chi connectivity index (χ3v) is 2.80. The summed E-state index contributed by atoms with van der Waals surface area (Å²) in [6.45, 7) is 0. The van der Waals surface area contributed by atoms with Gasteiger partial charge in [0.25, 0.3) is 0 Å². The molecule has 1 aromatic heterocycles. The van der Waals surface area contributed by atoms with Gasteiger partial charge in [-0.1, -0.05) is 15.9 Å². The highest BCUT2D eigenvalue weighted by Crippen LogP contribution is 2.37. The van der Waals surface area contributed by atoms with Crippen molar-refractivity contribution in [1.29, 1.82) is 0 Å². The van der Waals surface area contributed by atoms with Gasteiger partial charge in [-0.2, -0.15) is 13.2 Å². The van der Waals surface area contributed by atoms with E-state index < -0.39 is 52.8 Å². The molecule has 0 saturated heterocycles. The number of halogens is 7. The van der Waals surface area contributed by atoms with E-state index in [1.54, 1.807) is 0 Å². The van der Waals surface area contributed by atoms with Gasteiger partial charge in [0.2, 0.25) is 5.88 Å². The van der Waals surface area contributed by atoms with Gasteiger partial charge in [-0.25, -0.2) is 4.98 Å². The number of pyridine rings is 1.